The summed E-state index contributed by atoms with van der Waals surface area (Å²) in [7, 11) is 2.06. The van der Waals surface area contributed by atoms with E-state index in [2.05, 4.69) is 30.3 Å². The van der Waals surface area contributed by atoms with E-state index in [1.807, 2.05) is 6.07 Å². The number of hydrogen-bond donors (Lipinski definition) is 1. The second kappa shape index (κ2) is 6.53. The summed E-state index contributed by atoms with van der Waals surface area (Å²) in [6, 6.07) is 9.15. The molecule has 2 rings (SSSR count). The molecule has 1 N–H and O–H groups in total. The Morgan fingerprint density at radius 2 is 2.20 bits per heavy atom. The molecule has 2 atom stereocenters. The molecular weight excluding hydrogens is 250 g/mol. The maximum absolute atomic E-state index is 11.9. The van der Waals surface area contributed by atoms with E-state index in [4.69, 9.17) is 5.26 Å². The van der Waals surface area contributed by atoms with E-state index in [0.717, 1.165) is 24.9 Å². The van der Waals surface area contributed by atoms with Crippen LogP contribution >= 0.6 is 0 Å². The highest BCUT2D eigenvalue weighted by Gasteiger charge is 2.32. The minimum Gasteiger partial charge on any atom is -0.325 e. The third kappa shape index (κ3) is 4.07. The molecule has 0 saturated heterocycles. The Balaban J connectivity index is 1.76. The average molecular weight is 271 g/mol. The van der Waals surface area contributed by atoms with Gasteiger partial charge in [-0.1, -0.05) is 19.1 Å². The maximum atomic E-state index is 11.9. The van der Waals surface area contributed by atoms with Gasteiger partial charge in [0.2, 0.25) is 5.91 Å². The van der Waals surface area contributed by atoms with Gasteiger partial charge in [0.05, 0.1) is 11.3 Å². The number of hydrogen-bond acceptors (Lipinski definition) is 3. The standard InChI is InChI=1S/C16H21N3O/c1-12-9-14(12)11-19(2)8-7-16(20)18-15-6-4-3-5-13(15)10-17/h3-6,12,14H,7-9,11H2,1-2H3,(H,18,20). The van der Waals surface area contributed by atoms with Gasteiger partial charge < -0.3 is 10.2 Å². The lowest BCUT2D eigenvalue weighted by molar-refractivity contribution is -0.116. The van der Waals surface area contributed by atoms with Crippen molar-refractivity contribution in [1.29, 1.82) is 5.26 Å². The first-order valence-electron chi connectivity index (χ1n) is 7.07. The number of para-hydroxylation sites is 1. The summed E-state index contributed by atoms with van der Waals surface area (Å²) in [5.74, 6) is 1.61. The van der Waals surface area contributed by atoms with E-state index in [0.29, 0.717) is 17.7 Å². The summed E-state index contributed by atoms with van der Waals surface area (Å²) >= 11 is 0. The molecule has 20 heavy (non-hydrogen) atoms. The summed E-state index contributed by atoms with van der Waals surface area (Å²) in [5.41, 5.74) is 1.10. The highest BCUT2D eigenvalue weighted by Crippen LogP contribution is 2.37. The second-order valence-electron chi connectivity index (χ2n) is 5.69. The molecule has 1 aliphatic rings. The third-order valence-electron chi connectivity index (χ3n) is 3.86. The van der Waals surface area contributed by atoms with Gasteiger partial charge in [0.15, 0.2) is 0 Å². The van der Waals surface area contributed by atoms with Gasteiger partial charge in [0.1, 0.15) is 6.07 Å². The molecule has 0 radical (unpaired) electrons. The van der Waals surface area contributed by atoms with Crippen molar-refractivity contribution >= 4 is 11.6 Å². The molecule has 1 aliphatic carbocycles. The molecule has 4 nitrogen and oxygen atoms in total. The van der Waals surface area contributed by atoms with Crippen molar-refractivity contribution in [3.8, 4) is 6.07 Å². The van der Waals surface area contributed by atoms with E-state index in [1.54, 1.807) is 18.2 Å². The Morgan fingerprint density at radius 3 is 2.85 bits per heavy atom. The number of carbonyl (C=O) groups excluding carboxylic acids is 1. The number of nitrogens with one attached hydrogen (secondary N) is 1. The van der Waals surface area contributed by atoms with Gasteiger partial charge in [-0.05, 0) is 37.4 Å². The van der Waals surface area contributed by atoms with Gasteiger partial charge in [-0.3, -0.25) is 4.79 Å². The highest BCUT2D eigenvalue weighted by molar-refractivity contribution is 5.92. The predicted octanol–water partition coefficient (Wildman–Crippen LogP) is 2.47. The lowest BCUT2D eigenvalue weighted by Crippen LogP contribution is -2.26. The molecule has 1 aromatic rings. The van der Waals surface area contributed by atoms with Crippen LogP contribution in [-0.4, -0.2) is 30.9 Å². The summed E-state index contributed by atoms with van der Waals surface area (Å²) in [6.45, 7) is 4.09. The van der Waals surface area contributed by atoms with Crippen LogP contribution < -0.4 is 5.32 Å². The van der Waals surface area contributed by atoms with Crippen molar-refractivity contribution in [2.24, 2.45) is 11.8 Å². The van der Waals surface area contributed by atoms with Crippen LogP contribution in [-0.2, 0) is 4.79 Å². The minimum atomic E-state index is -0.0385. The quantitative estimate of drug-likeness (QED) is 0.864. The Labute approximate surface area is 120 Å². The smallest absolute Gasteiger partial charge is 0.225 e. The number of nitrogens with zero attached hydrogens (tertiary/aromatic N) is 2. The molecule has 0 aromatic heterocycles. The highest BCUT2D eigenvalue weighted by atomic mass is 16.1. The molecule has 1 saturated carbocycles. The Bertz CT molecular complexity index is 521. The minimum absolute atomic E-state index is 0.0385. The number of rotatable bonds is 6. The Morgan fingerprint density at radius 1 is 1.50 bits per heavy atom. The molecule has 4 heteroatoms. The molecule has 2 unspecified atom stereocenters. The topological polar surface area (TPSA) is 56.1 Å². The van der Waals surface area contributed by atoms with Crippen molar-refractivity contribution in [1.82, 2.24) is 4.90 Å². The van der Waals surface area contributed by atoms with Crippen molar-refractivity contribution in [3.63, 3.8) is 0 Å². The lowest BCUT2D eigenvalue weighted by Gasteiger charge is -2.16. The predicted molar refractivity (Wildman–Crippen MR) is 79.2 cm³/mol. The number of carbonyl (C=O) groups is 1. The van der Waals surface area contributed by atoms with Crippen molar-refractivity contribution in [2.45, 2.75) is 19.8 Å². The zero-order chi connectivity index (χ0) is 14.5. The first kappa shape index (κ1) is 14.5. The number of anilines is 1. The fourth-order valence-electron chi connectivity index (χ4n) is 2.34. The maximum Gasteiger partial charge on any atom is 0.225 e. The third-order valence-corrected chi connectivity index (χ3v) is 3.86. The van der Waals surface area contributed by atoms with E-state index in [1.165, 1.54) is 6.42 Å². The van der Waals surface area contributed by atoms with Crippen LogP contribution in [0.25, 0.3) is 0 Å². The van der Waals surface area contributed by atoms with Crippen LogP contribution in [0.4, 0.5) is 5.69 Å². The summed E-state index contributed by atoms with van der Waals surface area (Å²) in [5, 5.41) is 11.8. The number of nitriles is 1. The largest absolute Gasteiger partial charge is 0.325 e. The fourth-order valence-corrected chi connectivity index (χ4v) is 2.34. The normalized spacial score (nSPS) is 20.5. The molecule has 0 spiro atoms. The fraction of sp³-hybridized carbons (Fsp3) is 0.500. The second-order valence-corrected chi connectivity index (χ2v) is 5.69. The van der Waals surface area contributed by atoms with Gasteiger partial charge >= 0.3 is 0 Å². The lowest BCUT2D eigenvalue weighted by atomic mass is 10.2. The summed E-state index contributed by atoms with van der Waals surface area (Å²) in [6.07, 6.45) is 1.77. The van der Waals surface area contributed by atoms with Crippen LogP contribution in [0.15, 0.2) is 24.3 Å². The monoisotopic (exact) mass is 271 g/mol. The van der Waals surface area contributed by atoms with Crippen molar-refractivity contribution in [3.05, 3.63) is 29.8 Å². The summed E-state index contributed by atoms with van der Waals surface area (Å²) in [4.78, 5) is 14.1. The number of amides is 1. The van der Waals surface area contributed by atoms with Gasteiger partial charge in [-0.25, -0.2) is 0 Å². The van der Waals surface area contributed by atoms with E-state index in [9.17, 15) is 4.79 Å². The van der Waals surface area contributed by atoms with Gasteiger partial charge in [-0.15, -0.1) is 0 Å². The Hall–Kier alpha value is -1.86. The summed E-state index contributed by atoms with van der Waals surface area (Å²) < 4.78 is 0. The average Bonchev–Trinajstić information content (AvgIpc) is 3.12. The molecular formula is C16H21N3O. The molecule has 0 aliphatic heterocycles. The van der Waals surface area contributed by atoms with E-state index >= 15 is 0 Å². The molecule has 1 amide bonds. The molecule has 0 heterocycles. The van der Waals surface area contributed by atoms with Crippen molar-refractivity contribution in [2.75, 3.05) is 25.5 Å². The van der Waals surface area contributed by atoms with Crippen molar-refractivity contribution < 1.29 is 4.79 Å². The van der Waals surface area contributed by atoms with E-state index in [-0.39, 0.29) is 5.91 Å². The van der Waals surface area contributed by atoms with Crippen LogP contribution in [0.5, 0.6) is 0 Å². The van der Waals surface area contributed by atoms with Gasteiger partial charge in [0, 0.05) is 19.5 Å². The van der Waals surface area contributed by atoms with Gasteiger partial charge in [-0.2, -0.15) is 5.26 Å². The molecule has 1 fully saturated rings. The zero-order valence-electron chi connectivity index (χ0n) is 12.1. The number of benzene rings is 1. The van der Waals surface area contributed by atoms with Gasteiger partial charge in [0.25, 0.3) is 0 Å². The molecule has 106 valence electrons. The van der Waals surface area contributed by atoms with Crippen LogP contribution in [0.2, 0.25) is 0 Å². The van der Waals surface area contributed by atoms with Crippen LogP contribution in [0.1, 0.15) is 25.3 Å². The van der Waals surface area contributed by atoms with Crippen LogP contribution in [0, 0.1) is 23.2 Å². The molecule has 0 bridgehead atoms. The first-order chi connectivity index (χ1) is 9.60. The molecule has 1 aromatic carbocycles. The zero-order valence-corrected chi connectivity index (χ0v) is 12.1. The van der Waals surface area contributed by atoms with Crippen LogP contribution in [0.3, 0.4) is 0 Å². The van der Waals surface area contributed by atoms with E-state index < -0.39 is 0 Å². The SMILES string of the molecule is CC1CC1CN(C)CCC(=O)Nc1ccccc1C#N. The first-order valence-corrected chi connectivity index (χ1v) is 7.07. The Kier molecular flexibility index (Phi) is 4.75.